The Morgan fingerprint density at radius 3 is 2.26 bits per heavy atom. The first-order chi connectivity index (χ1) is 23.0. The number of carbonyl (C=O) groups is 2. The van der Waals surface area contributed by atoms with Crippen molar-refractivity contribution in [2.75, 3.05) is 52.7 Å². The van der Waals surface area contributed by atoms with Crippen LogP contribution >= 0.6 is 15.9 Å². The molecule has 1 atom stereocenters. The van der Waals surface area contributed by atoms with Gasteiger partial charge in [-0.1, -0.05) is 70.5 Å². The molecule has 2 amide bonds. The second-order valence-corrected chi connectivity index (χ2v) is 12.6. The van der Waals surface area contributed by atoms with Crippen LogP contribution in [0.3, 0.4) is 0 Å². The van der Waals surface area contributed by atoms with Gasteiger partial charge in [-0.05, 0) is 79.6 Å². The molecule has 1 saturated carbocycles. The molecular weight excluding hydrogens is 660 g/mol. The van der Waals surface area contributed by atoms with Gasteiger partial charge in [0.05, 0.1) is 33.0 Å². The van der Waals surface area contributed by atoms with Gasteiger partial charge in [-0.3, -0.25) is 9.59 Å². The van der Waals surface area contributed by atoms with Gasteiger partial charge in [0.25, 0.3) is 0 Å². The molecule has 0 aromatic heterocycles. The molecule has 9 nitrogen and oxygen atoms in total. The maximum Gasteiger partial charge on any atom is 0.247 e. The normalized spacial score (nSPS) is 13.2. The summed E-state index contributed by atoms with van der Waals surface area (Å²) in [5, 5.41) is 6.46. The van der Waals surface area contributed by atoms with Crippen LogP contribution in [-0.2, 0) is 32.0 Å². The second-order valence-electron chi connectivity index (χ2n) is 11.7. The van der Waals surface area contributed by atoms with Crippen molar-refractivity contribution in [3.05, 3.63) is 100 Å². The Hall–Kier alpha value is -3.28. The van der Waals surface area contributed by atoms with Crippen LogP contribution < -0.4 is 21.1 Å². The van der Waals surface area contributed by atoms with Gasteiger partial charge in [0.1, 0.15) is 11.8 Å². The molecule has 3 aromatic rings. The quantitative estimate of drug-likeness (QED) is 0.117. The molecule has 0 saturated heterocycles. The van der Waals surface area contributed by atoms with Gasteiger partial charge in [-0.2, -0.15) is 0 Å². The number of rotatable bonds is 23. The average molecular weight is 710 g/mol. The summed E-state index contributed by atoms with van der Waals surface area (Å²) < 4.78 is 17.6. The minimum atomic E-state index is -0.683. The van der Waals surface area contributed by atoms with Crippen molar-refractivity contribution in [3.8, 4) is 5.75 Å². The van der Waals surface area contributed by atoms with Crippen LogP contribution in [0.2, 0.25) is 0 Å². The van der Waals surface area contributed by atoms with Gasteiger partial charge in [0.2, 0.25) is 11.8 Å². The standard InChI is InChI=1S/C37H49BrN4O5/c38-32-13-11-31(12-14-32)36(37(44)41-28-30-6-2-1-3-7-30)42(33-15-16-33)35(43)19-10-29-8-17-34(18-9-29)47-23-5-4-21-40-22-25-46-27-26-45-24-20-39/h1-3,6-9,11-14,17-18,33,36,40H,4-5,10,15-16,19-28,39H2,(H,41,44). The van der Waals surface area contributed by atoms with Crippen molar-refractivity contribution in [2.45, 2.75) is 57.2 Å². The summed E-state index contributed by atoms with van der Waals surface area (Å²) >= 11 is 3.49. The molecule has 1 unspecified atom stereocenters. The summed E-state index contributed by atoms with van der Waals surface area (Å²) in [4.78, 5) is 29.3. The molecule has 47 heavy (non-hydrogen) atoms. The third kappa shape index (κ3) is 13.4. The van der Waals surface area contributed by atoms with Crippen LogP contribution in [0.1, 0.15) is 54.8 Å². The van der Waals surface area contributed by atoms with Gasteiger partial charge in [0.15, 0.2) is 0 Å². The van der Waals surface area contributed by atoms with Gasteiger partial charge in [0, 0.05) is 36.6 Å². The first-order valence-corrected chi connectivity index (χ1v) is 17.5. The Morgan fingerprint density at radius 1 is 0.830 bits per heavy atom. The highest BCUT2D eigenvalue weighted by Crippen LogP contribution is 2.36. The largest absolute Gasteiger partial charge is 0.494 e. The van der Waals surface area contributed by atoms with Gasteiger partial charge in [-0.15, -0.1) is 0 Å². The lowest BCUT2D eigenvalue weighted by Gasteiger charge is -2.32. The Labute approximate surface area is 287 Å². The second kappa shape index (κ2) is 20.8. The predicted molar refractivity (Wildman–Crippen MR) is 188 cm³/mol. The Kier molecular flexibility index (Phi) is 16.2. The van der Waals surface area contributed by atoms with Crippen LogP contribution in [0, 0.1) is 0 Å². The average Bonchev–Trinajstić information content (AvgIpc) is 3.94. The molecule has 3 aromatic carbocycles. The molecule has 1 fully saturated rings. The number of halogens is 1. The SMILES string of the molecule is NCCOCCOCCNCCCCOc1ccc(CCC(=O)N(C2CC2)C(C(=O)NCc2ccccc2)c2ccc(Br)cc2)cc1. The lowest BCUT2D eigenvalue weighted by Crippen LogP contribution is -2.45. The van der Waals surface area contributed by atoms with E-state index in [9.17, 15) is 9.59 Å². The Balaban J connectivity index is 1.20. The number of nitrogens with one attached hydrogen (secondary N) is 2. The minimum absolute atomic E-state index is 0.00712. The molecule has 4 rings (SSSR count). The van der Waals surface area contributed by atoms with E-state index < -0.39 is 6.04 Å². The molecule has 0 bridgehead atoms. The number of amides is 2. The lowest BCUT2D eigenvalue weighted by molar-refractivity contribution is -0.141. The van der Waals surface area contributed by atoms with Crippen molar-refractivity contribution in [2.24, 2.45) is 5.73 Å². The molecule has 10 heteroatoms. The highest BCUT2D eigenvalue weighted by atomic mass is 79.9. The zero-order valence-corrected chi connectivity index (χ0v) is 28.8. The van der Waals surface area contributed by atoms with Crippen LogP contribution in [0.15, 0.2) is 83.3 Å². The van der Waals surface area contributed by atoms with E-state index in [2.05, 4.69) is 26.6 Å². The topological polar surface area (TPSA) is 115 Å². The fraction of sp³-hybridized carbons (Fsp3) is 0.459. The number of aryl methyl sites for hydroxylation is 1. The fourth-order valence-electron chi connectivity index (χ4n) is 5.23. The molecular formula is C37H49BrN4O5. The highest BCUT2D eigenvalue weighted by molar-refractivity contribution is 9.10. The van der Waals surface area contributed by atoms with E-state index in [-0.39, 0.29) is 17.9 Å². The number of ether oxygens (including phenoxy) is 3. The van der Waals surface area contributed by atoms with Gasteiger partial charge in [-0.25, -0.2) is 0 Å². The van der Waals surface area contributed by atoms with Crippen molar-refractivity contribution >= 4 is 27.7 Å². The third-order valence-electron chi connectivity index (χ3n) is 7.87. The number of hydrogen-bond donors (Lipinski definition) is 3. The van der Waals surface area contributed by atoms with E-state index in [0.29, 0.717) is 59.0 Å². The smallest absolute Gasteiger partial charge is 0.247 e. The van der Waals surface area contributed by atoms with E-state index in [1.165, 1.54) is 0 Å². The number of nitrogens with zero attached hydrogens (tertiary/aromatic N) is 1. The van der Waals surface area contributed by atoms with E-state index in [0.717, 1.165) is 65.7 Å². The number of hydrogen-bond acceptors (Lipinski definition) is 7. The van der Waals surface area contributed by atoms with E-state index in [4.69, 9.17) is 19.9 Å². The molecule has 1 aliphatic carbocycles. The maximum atomic E-state index is 13.8. The van der Waals surface area contributed by atoms with Gasteiger partial charge < -0.3 is 35.5 Å². The molecule has 0 heterocycles. The van der Waals surface area contributed by atoms with E-state index in [1.54, 1.807) is 0 Å². The third-order valence-corrected chi connectivity index (χ3v) is 8.40. The Bertz CT molecular complexity index is 1320. The number of unbranched alkanes of at least 4 members (excludes halogenated alkanes) is 1. The highest BCUT2D eigenvalue weighted by Gasteiger charge is 2.41. The van der Waals surface area contributed by atoms with Crippen molar-refractivity contribution in [3.63, 3.8) is 0 Å². The maximum absolute atomic E-state index is 13.8. The molecule has 0 aliphatic heterocycles. The van der Waals surface area contributed by atoms with Crippen LogP contribution in [-0.4, -0.2) is 75.4 Å². The summed E-state index contributed by atoms with van der Waals surface area (Å²) in [6.45, 7) is 5.72. The number of carbonyl (C=O) groups excluding carboxylic acids is 2. The monoisotopic (exact) mass is 708 g/mol. The zero-order chi connectivity index (χ0) is 33.1. The number of nitrogens with two attached hydrogens (primary N) is 1. The summed E-state index contributed by atoms with van der Waals surface area (Å²) in [5.41, 5.74) is 8.27. The van der Waals surface area contributed by atoms with Crippen LogP contribution in [0.4, 0.5) is 0 Å². The van der Waals surface area contributed by atoms with Crippen molar-refractivity contribution in [1.82, 2.24) is 15.5 Å². The van der Waals surface area contributed by atoms with Crippen LogP contribution in [0.5, 0.6) is 5.75 Å². The Morgan fingerprint density at radius 2 is 1.55 bits per heavy atom. The fourth-order valence-corrected chi connectivity index (χ4v) is 5.49. The molecule has 4 N–H and O–H groups in total. The number of benzene rings is 3. The van der Waals surface area contributed by atoms with Crippen molar-refractivity contribution < 1.29 is 23.8 Å². The summed E-state index contributed by atoms with van der Waals surface area (Å²) in [7, 11) is 0. The van der Waals surface area contributed by atoms with E-state index >= 15 is 0 Å². The van der Waals surface area contributed by atoms with Crippen LogP contribution in [0.25, 0.3) is 0 Å². The molecule has 1 aliphatic rings. The summed E-state index contributed by atoms with van der Waals surface area (Å²) in [6.07, 6.45) is 4.71. The molecule has 0 spiro atoms. The summed E-state index contributed by atoms with van der Waals surface area (Å²) in [6, 6.07) is 24.9. The minimum Gasteiger partial charge on any atom is -0.494 e. The first kappa shape index (κ1) is 36.6. The van der Waals surface area contributed by atoms with Crippen molar-refractivity contribution in [1.29, 1.82) is 0 Å². The molecule has 254 valence electrons. The lowest BCUT2D eigenvalue weighted by atomic mass is 10.0. The molecule has 0 radical (unpaired) electrons. The zero-order valence-electron chi connectivity index (χ0n) is 27.2. The van der Waals surface area contributed by atoms with E-state index in [1.807, 2.05) is 83.8 Å². The summed E-state index contributed by atoms with van der Waals surface area (Å²) in [5.74, 6) is 0.651. The van der Waals surface area contributed by atoms with Gasteiger partial charge >= 0.3 is 0 Å². The predicted octanol–water partition coefficient (Wildman–Crippen LogP) is 5.17. The first-order valence-electron chi connectivity index (χ1n) is 16.7.